The quantitative estimate of drug-likeness (QED) is 0.789. The standard InChI is InChI=1S/C12H17N3O4S/c1-12(2-3-20(17,18)7-12)15-9-4-8(11(13)16)6-19-10(9)5-14-15/h5,8H,2-4,6-7H2,1H3,(H2,13,16)/t8?,12-/m1/s1. The van der Waals surface area contributed by atoms with Crippen molar-refractivity contribution in [1.29, 1.82) is 0 Å². The summed E-state index contributed by atoms with van der Waals surface area (Å²) in [6, 6.07) is 0. The molecule has 0 aliphatic carbocycles. The van der Waals surface area contributed by atoms with E-state index in [4.69, 9.17) is 10.5 Å². The summed E-state index contributed by atoms with van der Waals surface area (Å²) in [4.78, 5) is 11.3. The SMILES string of the molecule is C[C@@]1(n2ncc3c2CC(C(N)=O)CO3)CCS(=O)(=O)C1. The Morgan fingerprint density at radius 3 is 2.95 bits per heavy atom. The van der Waals surface area contributed by atoms with Crippen LogP contribution < -0.4 is 10.5 Å². The van der Waals surface area contributed by atoms with Gasteiger partial charge in [-0.25, -0.2) is 8.42 Å². The third kappa shape index (κ3) is 2.07. The number of sulfone groups is 1. The number of nitrogens with zero attached hydrogens (tertiary/aromatic N) is 2. The largest absolute Gasteiger partial charge is 0.489 e. The van der Waals surface area contributed by atoms with Crippen LogP contribution in [0.25, 0.3) is 0 Å². The van der Waals surface area contributed by atoms with Gasteiger partial charge in [-0.1, -0.05) is 0 Å². The molecule has 1 fully saturated rings. The van der Waals surface area contributed by atoms with Crippen molar-refractivity contribution in [1.82, 2.24) is 9.78 Å². The molecule has 0 radical (unpaired) electrons. The van der Waals surface area contributed by atoms with Crippen LogP contribution in [0.15, 0.2) is 6.20 Å². The third-order valence-corrected chi connectivity index (χ3v) is 5.99. The van der Waals surface area contributed by atoms with Crippen LogP contribution in [-0.4, -0.2) is 42.2 Å². The predicted molar refractivity (Wildman–Crippen MR) is 71.0 cm³/mol. The highest BCUT2D eigenvalue weighted by atomic mass is 32.2. The van der Waals surface area contributed by atoms with Crippen LogP contribution in [0.5, 0.6) is 5.75 Å². The maximum atomic E-state index is 11.7. The van der Waals surface area contributed by atoms with Crippen molar-refractivity contribution in [2.24, 2.45) is 11.7 Å². The van der Waals surface area contributed by atoms with Crippen LogP contribution in [0.1, 0.15) is 19.0 Å². The molecule has 1 unspecified atom stereocenters. The molecule has 0 spiro atoms. The molecule has 0 aromatic carbocycles. The van der Waals surface area contributed by atoms with Gasteiger partial charge in [-0.15, -0.1) is 0 Å². The van der Waals surface area contributed by atoms with Crippen LogP contribution in [-0.2, 0) is 26.6 Å². The minimum atomic E-state index is -3.03. The summed E-state index contributed by atoms with van der Waals surface area (Å²) >= 11 is 0. The molecule has 1 aromatic rings. The molecule has 0 saturated carbocycles. The summed E-state index contributed by atoms with van der Waals surface area (Å²) in [5.41, 5.74) is 5.52. The molecule has 1 aromatic heterocycles. The van der Waals surface area contributed by atoms with E-state index in [1.807, 2.05) is 6.92 Å². The lowest BCUT2D eigenvalue weighted by atomic mass is 9.97. The van der Waals surface area contributed by atoms with Crippen LogP contribution in [0.3, 0.4) is 0 Å². The summed E-state index contributed by atoms with van der Waals surface area (Å²) in [5.74, 6) is 0.0494. The summed E-state index contributed by atoms with van der Waals surface area (Å²) in [6.45, 7) is 2.13. The number of nitrogens with two attached hydrogens (primary N) is 1. The molecule has 110 valence electrons. The summed E-state index contributed by atoms with van der Waals surface area (Å²) in [7, 11) is -3.03. The van der Waals surface area contributed by atoms with Gasteiger partial charge in [0.05, 0.1) is 34.9 Å². The van der Waals surface area contributed by atoms with Gasteiger partial charge in [0.25, 0.3) is 0 Å². The average Bonchev–Trinajstić information content (AvgIpc) is 2.90. The van der Waals surface area contributed by atoms with Gasteiger partial charge < -0.3 is 10.5 Å². The fourth-order valence-electron chi connectivity index (χ4n) is 2.96. The van der Waals surface area contributed by atoms with E-state index < -0.39 is 21.3 Å². The Hall–Kier alpha value is -1.57. The Kier molecular flexibility index (Phi) is 2.82. The van der Waals surface area contributed by atoms with E-state index in [-0.39, 0.29) is 24.0 Å². The lowest BCUT2D eigenvalue weighted by Gasteiger charge is -2.28. The molecule has 2 aliphatic rings. The van der Waals surface area contributed by atoms with Crippen molar-refractivity contribution in [3.8, 4) is 5.75 Å². The van der Waals surface area contributed by atoms with E-state index in [0.29, 0.717) is 18.6 Å². The maximum absolute atomic E-state index is 11.7. The Bertz CT molecular complexity index is 666. The molecule has 2 atom stereocenters. The zero-order valence-electron chi connectivity index (χ0n) is 11.2. The van der Waals surface area contributed by atoms with E-state index in [9.17, 15) is 13.2 Å². The highest BCUT2D eigenvalue weighted by molar-refractivity contribution is 7.91. The van der Waals surface area contributed by atoms with Gasteiger partial charge in [0.1, 0.15) is 6.61 Å². The Morgan fingerprint density at radius 1 is 1.60 bits per heavy atom. The van der Waals surface area contributed by atoms with Gasteiger partial charge in [0.15, 0.2) is 15.6 Å². The van der Waals surface area contributed by atoms with Crippen molar-refractivity contribution in [2.75, 3.05) is 18.1 Å². The number of aromatic nitrogens is 2. The topological polar surface area (TPSA) is 104 Å². The second kappa shape index (κ2) is 4.21. The van der Waals surface area contributed by atoms with Crippen LogP contribution in [0.2, 0.25) is 0 Å². The minimum absolute atomic E-state index is 0.0648. The number of rotatable bonds is 2. The maximum Gasteiger partial charge on any atom is 0.224 e. The highest BCUT2D eigenvalue weighted by Gasteiger charge is 2.43. The molecule has 20 heavy (non-hydrogen) atoms. The molecule has 3 rings (SSSR count). The van der Waals surface area contributed by atoms with E-state index in [0.717, 1.165) is 5.69 Å². The fourth-order valence-corrected chi connectivity index (χ4v) is 5.07. The van der Waals surface area contributed by atoms with Crippen molar-refractivity contribution < 1.29 is 17.9 Å². The van der Waals surface area contributed by atoms with E-state index in [1.54, 1.807) is 10.9 Å². The van der Waals surface area contributed by atoms with Gasteiger partial charge in [-0.3, -0.25) is 9.48 Å². The minimum Gasteiger partial charge on any atom is -0.489 e. The zero-order chi connectivity index (χ0) is 14.5. The number of primary amides is 1. The van der Waals surface area contributed by atoms with Gasteiger partial charge >= 0.3 is 0 Å². The predicted octanol–water partition coefficient (Wildman–Crippen LogP) is -0.547. The van der Waals surface area contributed by atoms with Gasteiger partial charge in [-0.2, -0.15) is 5.10 Å². The molecule has 3 heterocycles. The first-order valence-corrected chi connectivity index (χ1v) is 8.33. The van der Waals surface area contributed by atoms with Crippen LogP contribution in [0, 0.1) is 5.92 Å². The number of hydrogen-bond donors (Lipinski definition) is 1. The number of ether oxygens (including phenoxy) is 1. The molecule has 8 heteroatoms. The summed E-state index contributed by atoms with van der Waals surface area (Å²) in [6.07, 6.45) is 2.55. The molecule has 1 amide bonds. The van der Waals surface area contributed by atoms with Crippen molar-refractivity contribution in [3.63, 3.8) is 0 Å². The molecule has 1 saturated heterocycles. The van der Waals surface area contributed by atoms with Crippen molar-refractivity contribution >= 4 is 15.7 Å². The third-order valence-electron chi connectivity index (χ3n) is 4.11. The van der Waals surface area contributed by atoms with Gasteiger partial charge in [-0.05, 0) is 13.3 Å². The lowest BCUT2D eigenvalue weighted by Crippen LogP contribution is -2.38. The molecule has 7 nitrogen and oxygen atoms in total. The first-order valence-electron chi connectivity index (χ1n) is 6.51. The number of fused-ring (bicyclic) bond motifs is 1. The average molecular weight is 299 g/mol. The van der Waals surface area contributed by atoms with Gasteiger partial charge in [0, 0.05) is 6.42 Å². The van der Waals surface area contributed by atoms with E-state index in [1.165, 1.54) is 0 Å². The summed E-state index contributed by atoms with van der Waals surface area (Å²) in [5, 5.41) is 4.29. The Morgan fingerprint density at radius 2 is 2.35 bits per heavy atom. The van der Waals surface area contributed by atoms with E-state index >= 15 is 0 Å². The van der Waals surface area contributed by atoms with Crippen LogP contribution in [0.4, 0.5) is 0 Å². The fraction of sp³-hybridized carbons (Fsp3) is 0.667. The van der Waals surface area contributed by atoms with Gasteiger partial charge in [0.2, 0.25) is 5.91 Å². The molecular formula is C12H17N3O4S. The summed E-state index contributed by atoms with van der Waals surface area (Å²) < 4.78 is 30.7. The molecule has 2 aliphatic heterocycles. The normalized spacial score (nSPS) is 31.6. The number of hydrogen-bond acceptors (Lipinski definition) is 5. The number of carbonyl (C=O) groups excluding carboxylic acids is 1. The second-order valence-corrected chi connectivity index (χ2v) is 8.00. The highest BCUT2D eigenvalue weighted by Crippen LogP contribution is 2.36. The monoisotopic (exact) mass is 299 g/mol. The van der Waals surface area contributed by atoms with E-state index in [2.05, 4.69) is 5.10 Å². The number of amides is 1. The Balaban J connectivity index is 1.97. The number of carbonyl (C=O) groups is 1. The van der Waals surface area contributed by atoms with Crippen molar-refractivity contribution in [2.45, 2.75) is 25.3 Å². The first kappa shape index (κ1) is 13.4. The van der Waals surface area contributed by atoms with Crippen molar-refractivity contribution in [3.05, 3.63) is 11.9 Å². The lowest BCUT2D eigenvalue weighted by molar-refractivity contribution is -0.123. The first-order chi connectivity index (χ1) is 9.31. The smallest absolute Gasteiger partial charge is 0.224 e. The second-order valence-electron chi connectivity index (χ2n) is 5.82. The zero-order valence-corrected chi connectivity index (χ0v) is 12.0. The molecule has 2 N–H and O–H groups in total. The Labute approximate surface area is 117 Å². The molecular weight excluding hydrogens is 282 g/mol. The van der Waals surface area contributed by atoms with Crippen LogP contribution >= 0.6 is 0 Å². The molecule has 0 bridgehead atoms.